The van der Waals surface area contributed by atoms with E-state index in [2.05, 4.69) is 4.74 Å². The monoisotopic (exact) mass is 252 g/mol. The Morgan fingerprint density at radius 3 is 2.83 bits per heavy atom. The van der Waals surface area contributed by atoms with Crippen molar-refractivity contribution in [3.63, 3.8) is 0 Å². The average molecular weight is 252 g/mol. The lowest BCUT2D eigenvalue weighted by Crippen LogP contribution is -2.04. The molecule has 100 valence electrons. The number of carbonyl (C=O) groups is 2. The van der Waals surface area contributed by atoms with Crippen LogP contribution in [0.5, 0.6) is 0 Å². The van der Waals surface area contributed by atoms with Gasteiger partial charge < -0.3 is 9.47 Å². The Labute approximate surface area is 108 Å². The van der Waals surface area contributed by atoms with Gasteiger partial charge in [-0.05, 0) is 30.9 Å². The van der Waals surface area contributed by atoms with Crippen LogP contribution in [0, 0.1) is 0 Å². The second kappa shape index (κ2) is 7.82. The summed E-state index contributed by atoms with van der Waals surface area (Å²) in [5.41, 5.74) is 0.825. The van der Waals surface area contributed by atoms with Crippen LogP contribution in [-0.2, 0) is 19.1 Å². The van der Waals surface area contributed by atoms with E-state index in [0.29, 0.717) is 19.3 Å². The predicted molar refractivity (Wildman–Crippen MR) is 68.1 cm³/mol. The van der Waals surface area contributed by atoms with Crippen LogP contribution >= 0.6 is 0 Å². The maximum Gasteiger partial charge on any atom is 0.305 e. The fraction of sp³-hybridized carbons (Fsp3) is 0.571. The van der Waals surface area contributed by atoms with Crippen LogP contribution in [0.2, 0.25) is 0 Å². The molecule has 1 rings (SSSR count). The molecule has 0 spiro atoms. The molecule has 0 amide bonds. The van der Waals surface area contributed by atoms with Gasteiger partial charge in [0.2, 0.25) is 0 Å². The van der Waals surface area contributed by atoms with Crippen LogP contribution in [0.1, 0.15) is 32.1 Å². The van der Waals surface area contributed by atoms with Crippen LogP contribution in [0.4, 0.5) is 0 Å². The number of rotatable bonds is 7. The lowest BCUT2D eigenvalue weighted by atomic mass is 10.1. The number of methoxy groups -OCH3 is 2. The minimum absolute atomic E-state index is 0.0553. The van der Waals surface area contributed by atoms with Crippen LogP contribution in [0.15, 0.2) is 23.8 Å². The highest BCUT2D eigenvalue weighted by molar-refractivity contribution is 5.98. The second-order valence-electron chi connectivity index (χ2n) is 4.24. The first-order chi connectivity index (χ1) is 8.67. The van der Waals surface area contributed by atoms with Crippen molar-refractivity contribution >= 4 is 11.8 Å². The highest BCUT2D eigenvalue weighted by Gasteiger charge is 2.22. The molecule has 4 heteroatoms. The van der Waals surface area contributed by atoms with Gasteiger partial charge in [0, 0.05) is 20.0 Å². The number of hydrogen-bond acceptors (Lipinski definition) is 4. The van der Waals surface area contributed by atoms with E-state index in [9.17, 15) is 9.59 Å². The Bertz CT molecular complexity index is 355. The number of unbranched alkanes of at least 4 members (excludes halogenated alkanes) is 1. The summed E-state index contributed by atoms with van der Waals surface area (Å²) >= 11 is 0. The number of ketones is 1. The zero-order valence-corrected chi connectivity index (χ0v) is 11.0. The largest absolute Gasteiger partial charge is 0.469 e. The smallest absolute Gasteiger partial charge is 0.305 e. The molecule has 4 nitrogen and oxygen atoms in total. The van der Waals surface area contributed by atoms with E-state index in [4.69, 9.17) is 4.74 Å². The summed E-state index contributed by atoms with van der Waals surface area (Å²) in [6.45, 7) is 0. The van der Waals surface area contributed by atoms with Crippen molar-refractivity contribution in [1.29, 1.82) is 0 Å². The summed E-state index contributed by atoms with van der Waals surface area (Å²) in [5, 5.41) is 0. The molecule has 0 bridgehead atoms. The minimum Gasteiger partial charge on any atom is -0.469 e. The van der Waals surface area contributed by atoms with Gasteiger partial charge in [-0.3, -0.25) is 9.59 Å². The summed E-state index contributed by atoms with van der Waals surface area (Å²) in [6, 6.07) is 0. The number of carbonyl (C=O) groups excluding carboxylic acids is 2. The molecule has 1 aliphatic carbocycles. The standard InChI is InChI=1S/C14H20O4/c1-17-12-9-11(13(15)10-12)7-5-3-4-6-8-14(16)18-2/h3,5,9,12H,4,6-8,10H2,1-2H3. The van der Waals surface area contributed by atoms with Crippen molar-refractivity contribution in [3.8, 4) is 0 Å². The van der Waals surface area contributed by atoms with Crippen molar-refractivity contribution in [2.45, 2.75) is 38.2 Å². The van der Waals surface area contributed by atoms with Crippen LogP contribution in [0.25, 0.3) is 0 Å². The molecule has 0 aromatic carbocycles. The van der Waals surface area contributed by atoms with Crippen LogP contribution in [-0.4, -0.2) is 32.1 Å². The van der Waals surface area contributed by atoms with E-state index < -0.39 is 0 Å². The molecule has 0 fully saturated rings. The van der Waals surface area contributed by atoms with E-state index >= 15 is 0 Å². The number of esters is 1. The van der Waals surface area contributed by atoms with Gasteiger partial charge in [-0.15, -0.1) is 0 Å². The molecule has 0 aromatic rings. The fourth-order valence-electron chi connectivity index (χ4n) is 1.82. The molecule has 0 heterocycles. The molecule has 1 aliphatic rings. The molecule has 1 unspecified atom stereocenters. The Hall–Kier alpha value is -1.42. The lowest BCUT2D eigenvalue weighted by Gasteiger charge is -1.99. The third kappa shape index (κ3) is 4.84. The third-order valence-corrected chi connectivity index (χ3v) is 2.92. The van der Waals surface area contributed by atoms with Gasteiger partial charge in [-0.25, -0.2) is 0 Å². The van der Waals surface area contributed by atoms with E-state index in [0.717, 1.165) is 18.4 Å². The summed E-state index contributed by atoms with van der Waals surface area (Å²) in [5.74, 6) is -0.0129. The zero-order valence-electron chi connectivity index (χ0n) is 11.0. The Morgan fingerprint density at radius 1 is 1.44 bits per heavy atom. The summed E-state index contributed by atoms with van der Waals surface area (Å²) in [4.78, 5) is 22.4. The first kappa shape index (κ1) is 14.6. The molecule has 1 atom stereocenters. The van der Waals surface area contributed by atoms with Crippen molar-refractivity contribution in [2.75, 3.05) is 14.2 Å². The van der Waals surface area contributed by atoms with E-state index in [1.54, 1.807) is 7.11 Å². The Balaban J connectivity index is 2.20. The average Bonchev–Trinajstić information content (AvgIpc) is 2.74. The third-order valence-electron chi connectivity index (χ3n) is 2.92. The van der Waals surface area contributed by atoms with Gasteiger partial charge >= 0.3 is 5.97 Å². The number of allylic oxidation sites excluding steroid dienone is 3. The number of ether oxygens (including phenoxy) is 2. The van der Waals surface area contributed by atoms with E-state index in [1.807, 2.05) is 18.2 Å². The minimum atomic E-state index is -0.181. The van der Waals surface area contributed by atoms with Gasteiger partial charge in [-0.2, -0.15) is 0 Å². The first-order valence-electron chi connectivity index (χ1n) is 6.16. The van der Waals surface area contributed by atoms with Crippen molar-refractivity contribution in [3.05, 3.63) is 23.8 Å². The molecule has 0 aromatic heterocycles. The highest BCUT2D eigenvalue weighted by Crippen LogP contribution is 2.20. The Morgan fingerprint density at radius 2 is 2.22 bits per heavy atom. The van der Waals surface area contributed by atoms with E-state index in [-0.39, 0.29) is 17.9 Å². The fourth-order valence-corrected chi connectivity index (χ4v) is 1.82. The molecule has 0 saturated carbocycles. The summed E-state index contributed by atoms with van der Waals surface area (Å²) in [7, 11) is 3.00. The number of hydrogen-bond donors (Lipinski definition) is 0. The molecule has 0 N–H and O–H groups in total. The molecule has 0 radical (unpaired) electrons. The van der Waals surface area contributed by atoms with Crippen molar-refractivity contribution < 1.29 is 19.1 Å². The summed E-state index contributed by atoms with van der Waals surface area (Å²) < 4.78 is 9.67. The highest BCUT2D eigenvalue weighted by atomic mass is 16.5. The van der Waals surface area contributed by atoms with E-state index in [1.165, 1.54) is 7.11 Å². The molecular formula is C14H20O4. The maximum atomic E-state index is 11.5. The molecule has 0 aliphatic heterocycles. The predicted octanol–water partition coefficient (Wildman–Crippen LogP) is 2.19. The molecule has 18 heavy (non-hydrogen) atoms. The second-order valence-corrected chi connectivity index (χ2v) is 4.24. The normalized spacial score (nSPS) is 19.3. The van der Waals surface area contributed by atoms with Gasteiger partial charge in [0.15, 0.2) is 5.78 Å². The van der Waals surface area contributed by atoms with Gasteiger partial charge in [0.05, 0.1) is 13.2 Å². The number of Topliss-reactive ketones (excluding diaryl/α,β-unsaturated/α-hetero) is 1. The van der Waals surface area contributed by atoms with Crippen LogP contribution in [0.3, 0.4) is 0 Å². The SMILES string of the molecule is COC(=O)CCCC=CCC1=CC(OC)CC1=O. The van der Waals surface area contributed by atoms with Crippen molar-refractivity contribution in [2.24, 2.45) is 0 Å². The zero-order chi connectivity index (χ0) is 13.4. The summed E-state index contributed by atoms with van der Waals surface area (Å²) in [6.07, 6.45) is 8.95. The topological polar surface area (TPSA) is 52.6 Å². The Kier molecular flexibility index (Phi) is 6.36. The molecule has 0 saturated heterocycles. The van der Waals surface area contributed by atoms with Gasteiger partial charge in [0.1, 0.15) is 0 Å². The quantitative estimate of drug-likeness (QED) is 0.396. The lowest BCUT2D eigenvalue weighted by molar-refractivity contribution is -0.140. The van der Waals surface area contributed by atoms with Crippen molar-refractivity contribution in [1.82, 2.24) is 0 Å². The first-order valence-corrected chi connectivity index (χ1v) is 6.16. The maximum absolute atomic E-state index is 11.5. The molecular weight excluding hydrogens is 232 g/mol. The van der Waals surface area contributed by atoms with Gasteiger partial charge in [0.25, 0.3) is 0 Å². The van der Waals surface area contributed by atoms with Gasteiger partial charge in [-0.1, -0.05) is 12.2 Å². The van der Waals surface area contributed by atoms with Crippen LogP contribution < -0.4 is 0 Å².